The molecule has 0 fully saturated rings. The molecule has 2 amide bonds. The van der Waals surface area contributed by atoms with Gasteiger partial charge in [0.1, 0.15) is 0 Å². The van der Waals surface area contributed by atoms with Gasteiger partial charge in [0, 0.05) is 11.1 Å². The molecule has 0 bridgehead atoms. The fourth-order valence-corrected chi connectivity index (χ4v) is 2.38. The van der Waals surface area contributed by atoms with E-state index in [9.17, 15) is 9.59 Å². The molecule has 0 radical (unpaired) electrons. The Morgan fingerprint density at radius 1 is 1.08 bits per heavy atom. The van der Waals surface area contributed by atoms with Crippen molar-refractivity contribution >= 4 is 11.8 Å². The predicted molar refractivity (Wildman–Crippen MR) is 94.3 cm³/mol. The Morgan fingerprint density at radius 3 is 2.33 bits per heavy atom. The molecule has 4 nitrogen and oxygen atoms in total. The van der Waals surface area contributed by atoms with E-state index in [1.54, 1.807) is 24.3 Å². The summed E-state index contributed by atoms with van der Waals surface area (Å²) in [6.07, 6.45) is 0.734. The second kappa shape index (κ2) is 8.54. The van der Waals surface area contributed by atoms with Crippen LogP contribution in [-0.4, -0.2) is 18.4 Å². The van der Waals surface area contributed by atoms with Gasteiger partial charge >= 0.3 is 0 Å². The Balaban J connectivity index is 1.91. The first-order valence-electron chi connectivity index (χ1n) is 7.83. The van der Waals surface area contributed by atoms with Crippen LogP contribution in [0, 0.1) is 11.8 Å². The number of carbonyl (C=O) groups is 2. The summed E-state index contributed by atoms with van der Waals surface area (Å²) in [5.74, 6) is 5.21. The van der Waals surface area contributed by atoms with Gasteiger partial charge in [-0.2, -0.15) is 0 Å². The van der Waals surface area contributed by atoms with E-state index in [-0.39, 0.29) is 18.4 Å². The molecule has 2 rings (SSSR count). The number of hydrogen-bond donors (Lipinski definition) is 2. The zero-order valence-electron chi connectivity index (χ0n) is 13.6. The minimum atomic E-state index is -0.465. The summed E-state index contributed by atoms with van der Waals surface area (Å²) < 4.78 is 0. The Hall–Kier alpha value is -3.06. The molecule has 1 atom stereocenters. The number of primary amides is 1. The monoisotopic (exact) mass is 320 g/mol. The molecule has 0 aliphatic carbocycles. The molecule has 0 saturated carbocycles. The van der Waals surface area contributed by atoms with Crippen molar-refractivity contribution in [3.05, 3.63) is 71.3 Å². The molecule has 0 aromatic heterocycles. The minimum absolute atomic E-state index is 0.0259. The normalized spacial score (nSPS) is 11.0. The number of rotatable bonds is 5. The first-order chi connectivity index (χ1) is 11.6. The van der Waals surface area contributed by atoms with Crippen LogP contribution in [0.2, 0.25) is 0 Å². The molecule has 0 saturated heterocycles. The van der Waals surface area contributed by atoms with Gasteiger partial charge in [-0.05, 0) is 36.2 Å². The lowest BCUT2D eigenvalue weighted by Crippen LogP contribution is -2.29. The summed E-state index contributed by atoms with van der Waals surface area (Å²) in [6.45, 7) is 2.27. The summed E-state index contributed by atoms with van der Waals surface area (Å²) in [5.41, 5.74) is 7.41. The summed E-state index contributed by atoms with van der Waals surface area (Å²) in [7, 11) is 0. The van der Waals surface area contributed by atoms with Crippen LogP contribution in [0.3, 0.4) is 0 Å². The molecular formula is C20H20N2O2. The van der Waals surface area contributed by atoms with Crippen molar-refractivity contribution in [1.29, 1.82) is 0 Å². The first-order valence-corrected chi connectivity index (χ1v) is 7.83. The van der Waals surface area contributed by atoms with Crippen molar-refractivity contribution in [1.82, 2.24) is 5.32 Å². The lowest BCUT2D eigenvalue weighted by Gasteiger charge is -2.14. The maximum Gasteiger partial charge on any atom is 0.248 e. The molecule has 2 aromatic carbocycles. The smallest absolute Gasteiger partial charge is 0.248 e. The van der Waals surface area contributed by atoms with Gasteiger partial charge in [-0.1, -0.05) is 49.1 Å². The van der Waals surface area contributed by atoms with E-state index in [1.807, 2.05) is 37.3 Å². The summed E-state index contributed by atoms with van der Waals surface area (Å²) in [5, 5.41) is 2.85. The van der Waals surface area contributed by atoms with Crippen molar-refractivity contribution in [2.24, 2.45) is 5.73 Å². The molecule has 122 valence electrons. The van der Waals surface area contributed by atoms with Gasteiger partial charge in [-0.15, -0.1) is 0 Å². The van der Waals surface area contributed by atoms with Crippen LogP contribution in [-0.2, 0) is 4.79 Å². The van der Waals surface area contributed by atoms with Crippen LogP contribution in [0.25, 0.3) is 0 Å². The van der Waals surface area contributed by atoms with Crippen LogP contribution in [0.5, 0.6) is 0 Å². The highest BCUT2D eigenvalue weighted by atomic mass is 16.2. The van der Waals surface area contributed by atoms with E-state index in [0.29, 0.717) is 5.56 Å². The fourth-order valence-electron chi connectivity index (χ4n) is 2.38. The van der Waals surface area contributed by atoms with Crippen LogP contribution >= 0.6 is 0 Å². The molecule has 4 heteroatoms. The Kier molecular flexibility index (Phi) is 6.16. The number of amides is 2. The summed E-state index contributed by atoms with van der Waals surface area (Å²) >= 11 is 0. The van der Waals surface area contributed by atoms with Crippen molar-refractivity contribution in [3.63, 3.8) is 0 Å². The lowest BCUT2D eigenvalue weighted by molar-refractivity contribution is -0.122. The second-order valence-electron chi connectivity index (χ2n) is 5.33. The molecule has 1 unspecified atom stereocenters. The van der Waals surface area contributed by atoms with Crippen LogP contribution in [0.1, 0.15) is 40.7 Å². The van der Waals surface area contributed by atoms with Gasteiger partial charge in [0.2, 0.25) is 11.8 Å². The fraction of sp³-hybridized carbons (Fsp3) is 0.200. The standard InChI is InChI=1S/C20H20N2O2/c1-2-18(16-8-4-3-5-9-16)20(24)22-14-6-7-15-10-12-17(13-11-15)19(21)23/h3-5,8-13,18H,2,14H2,1H3,(H2,21,23)(H,22,24). The van der Waals surface area contributed by atoms with E-state index < -0.39 is 5.91 Å². The molecule has 0 spiro atoms. The first kappa shape index (κ1) is 17.3. The number of benzene rings is 2. The van der Waals surface area contributed by atoms with E-state index in [4.69, 9.17) is 5.73 Å². The third-order valence-electron chi connectivity index (χ3n) is 3.68. The van der Waals surface area contributed by atoms with Gasteiger partial charge < -0.3 is 11.1 Å². The lowest BCUT2D eigenvalue weighted by atomic mass is 9.96. The van der Waals surface area contributed by atoms with Crippen LogP contribution < -0.4 is 11.1 Å². The summed E-state index contributed by atoms with van der Waals surface area (Å²) in [4.78, 5) is 23.3. The molecule has 0 aliphatic rings. The predicted octanol–water partition coefficient (Wildman–Crippen LogP) is 2.45. The number of nitrogens with two attached hydrogens (primary N) is 1. The van der Waals surface area contributed by atoms with Gasteiger partial charge in [-0.3, -0.25) is 9.59 Å². The topological polar surface area (TPSA) is 72.2 Å². The molecule has 2 aromatic rings. The Labute approximate surface area is 142 Å². The largest absolute Gasteiger partial charge is 0.366 e. The highest BCUT2D eigenvalue weighted by Gasteiger charge is 2.17. The molecular weight excluding hydrogens is 300 g/mol. The molecule has 24 heavy (non-hydrogen) atoms. The average Bonchev–Trinajstić information content (AvgIpc) is 2.61. The quantitative estimate of drug-likeness (QED) is 0.831. The van der Waals surface area contributed by atoms with Crippen LogP contribution in [0.15, 0.2) is 54.6 Å². The highest BCUT2D eigenvalue weighted by molar-refractivity contribution is 5.92. The zero-order chi connectivity index (χ0) is 17.4. The number of hydrogen-bond acceptors (Lipinski definition) is 2. The maximum atomic E-state index is 12.3. The Bertz CT molecular complexity index is 756. The maximum absolute atomic E-state index is 12.3. The third kappa shape index (κ3) is 4.72. The van der Waals surface area contributed by atoms with E-state index in [2.05, 4.69) is 17.2 Å². The summed E-state index contributed by atoms with van der Waals surface area (Å²) in [6, 6.07) is 16.4. The molecule has 3 N–H and O–H groups in total. The van der Waals surface area contributed by atoms with Gasteiger partial charge in [0.25, 0.3) is 0 Å². The number of carbonyl (C=O) groups excluding carboxylic acids is 2. The van der Waals surface area contributed by atoms with E-state index >= 15 is 0 Å². The molecule has 0 heterocycles. The van der Waals surface area contributed by atoms with Gasteiger partial charge in [0.15, 0.2) is 0 Å². The average molecular weight is 320 g/mol. The van der Waals surface area contributed by atoms with E-state index in [1.165, 1.54) is 0 Å². The van der Waals surface area contributed by atoms with Crippen molar-refractivity contribution in [2.45, 2.75) is 19.3 Å². The second-order valence-corrected chi connectivity index (χ2v) is 5.33. The SMILES string of the molecule is CCC(C(=O)NCC#Cc1ccc(C(N)=O)cc1)c1ccccc1. The van der Waals surface area contributed by atoms with Gasteiger partial charge in [0.05, 0.1) is 12.5 Å². The molecule has 0 aliphatic heterocycles. The van der Waals surface area contributed by atoms with Crippen molar-refractivity contribution in [2.75, 3.05) is 6.54 Å². The van der Waals surface area contributed by atoms with Crippen molar-refractivity contribution < 1.29 is 9.59 Å². The van der Waals surface area contributed by atoms with Crippen molar-refractivity contribution in [3.8, 4) is 11.8 Å². The number of nitrogens with one attached hydrogen (secondary N) is 1. The zero-order valence-corrected chi connectivity index (χ0v) is 13.6. The van der Waals surface area contributed by atoms with E-state index in [0.717, 1.165) is 17.5 Å². The third-order valence-corrected chi connectivity index (χ3v) is 3.68. The van der Waals surface area contributed by atoms with Gasteiger partial charge in [-0.25, -0.2) is 0 Å². The Morgan fingerprint density at radius 2 is 1.75 bits per heavy atom. The highest BCUT2D eigenvalue weighted by Crippen LogP contribution is 2.18. The minimum Gasteiger partial charge on any atom is -0.366 e. The van der Waals surface area contributed by atoms with Crippen LogP contribution in [0.4, 0.5) is 0 Å².